The van der Waals surface area contributed by atoms with Gasteiger partial charge in [0.2, 0.25) is 5.90 Å². The lowest BCUT2D eigenvalue weighted by atomic mass is 10.1. The molecule has 1 aliphatic rings. The molecule has 4 rings (SSSR count). The smallest absolute Gasteiger partial charge is 0.363 e. The van der Waals surface area contributed by atoms with Crippen molar-refractivity contribution in [3.63, 3.8) is 0 Å². The zero-order chi connectivity index (χ0) is 24.6. The first-order valence-electron chi connectivity index (χ1n) is 11.3. The number of carbonyl (C=O) groups is 2. The van der Waals surface area contributed by atoms with E-state index < -0.39 is 11.9 Å². The molecule has 0 N–H and O–H groups in total. The van der Waals surface area contributed by atoms with Gasteiger partial charge in [-0.1, -0.05) is 37.6 Å². The summed E-state index contributed by atoms with van der Waals surface area (Å²) in [5.41, 5.74) is 1.89. The lowest BCUT2D eigenvalue weighted by Crippen LogP contribution is -2.09. The maximum Gasteiger partial charge on any atom is 0.363 e. The molecule has 0 fully saturated rings. The molecule has 3 aromatic carbocycles. The maximum absolute atomic E-state index is 12.4. The fourth-order valence-electron chi connectivity index (χ4n) is 3.31. The average Bonchev–Trinajstić information content (AvgIpc) is 3.25. The number of methoxy groups -OCH3 is 1. The van der Waals surface area contributed by atoms with Crippen LogP contribution in [0.15, 0.2) is 83.5 Å². The third-order valence-electron chi connectivity index (χ3n) is 5.19. The summed E-state index contributed by atoms with van der Waals surface area (Å²) in [5.74, 6) is 0.540. The zero-order valence-electron chi connectivity index (χ0n) is 19.5. The van der Waals surface area contributed by atoms with Crippen molar-refractivity contribution in [2.45, 2.75) is 19.8 Å². The zero-order valence-corrected chi connectivity index (χ0v) is 19.5. The van der Waals surface area contributed by atoms with Crippen LogP contribution in [0.5, 0.6) is 17.2 Å². The molecule has 35 heavy (non-hydrogen) atoms. The van der Waals surface area contributed by atoms with Crippen molar-refractivity contribution in [1.29, 1.82) is 0 Å². The Morgan fingerprint density at radius 2 is 1.77 bits per heavy atom. The van der Waals surface area contributed by atoms with Gasteiger partial charge in [0, 0.05) is 5.56 Å². The molecule has 0 saturated heterocycles. The van der Waals surface area contributed by atoms with Crippen LogP contribution >= 0.6 is 0 Å². The van der Waals surface area contributed by atoms with Gasteiger partial charge in [-0.15, -0.1) is 0 Å². The SMILES string of the molecule is CCCCOc1ccc(C2=N/C(=C\c3ccc(OC(=O)c4ccccc4)c(OC)c3)C(=O)O2)cc1. The summed E-state index contributed by atoms with van der Waals surface area (Å²) >= 11 is 0. The van der Waals surface area contributed by atoms with E-state index in [9.17, 15) is 9.59 Å². The van der Waals surface area contributed by atoms with Crippen molar-refractivity contribution in [2.24, 2.45) is 4.99 Å². The Morgan fingerprint density at radius 1 is 1.00 bits per heavy atom. The Morgan fingerprint density at radius 3 is 2.49 bits per heavy atom. The number of hydrogen-bond acceptors (Lipinski definition) is 7. The minimum atomic E-state index is -0.554. The van der Waals surface area contributed by atoms with Crippen LogP contribution in [0.1, 0.15) is 41.3 Å². The van der Waals surface area contributed by atoms with Crippen LogP contribution in [0.4, 0.5) is 0 Å². The van der Waals surface area contributed by atoms with E-state index in [1.807, 2.05) is 18.2 Å². The second-order valence-corrected chi connectivity index (χ2v) is 7.73. The summed E-state index contributed by atoms with van der Waals surface area (Å²) in [5, 5.41) is 0. The number of nitrogens with zero attached hydrogens (tertiary/aromatic N) is 1. The van der Waals surface area contributed by atoms with E-state index in [4.69, 9.17) is 18.9 Å². The fourth-order valence-corrected chi connectivity index (χ4v) is 3.31. The second kappa shape index (κ2) is 11.2. The van der Waals surface area contributed by atoms with Crippen LogP contribution in [0.2, 0.25) is 0 Å². The first kappa shape index (κ1) is 23.8. The van der Waals surface area contributed by atoms with Gasteiger partial charge in [-0.2, -0.15) is 0 Å². The third-order valence-corrected chi connectivity index (χ3v) is 5.19. The molecule has 0 amide bonds. The van der Waals surface area contributed by atoms with E-state index in [2.05, 4.69) is 11.9 Å². The predicted molar refractivity (Wildman–Crippen MR) is 132 cm³/mol. The topological polar surface area (TPSA) is 83.4 Å². The monoisotopic (exact) mass is 471 g/mol. The highest BCUT2D eigenvalue weighted by Crippen LogP contribution is 2.30. The molecule has 0 aliphatic carbocycles. The van der Waals surface area contributed by atoms with Gasteiger partial charge >= 0.3 is 11.9 Å². The third kappa shape index (κ3) is 5.95. The first-order chi connectivity index (χ1) is 17.1. The van der Waals surface area contributed by atoms with Gasteiger partial charge in [0.25, 0.3) is 0 Å². The van der Waals surface area contributed by atoms with E-state index in [0.29, 0.717) is 29.0 Å². The standard InChI is InChI=1S/C28H25NO6/c1-3-4-16-33-22-13-11-20(12-14-22)26-29-23(28(31)35-26)17-19-10-15-24(25(18-19)32-2)34-27(30)21-8-6-5-7-9-21/h5-15,17-18H,3-4,16H2,1-2H3/b23-17-. The normalized spacial score (nSPS) is 13.8. The van der Waals surface area contributed by atoms with Gasteiger partial charge in [0.1, 0.15) is 5.75 Å². The van der Waals surface area contributed by atoms with E-state index in [-0.39, 0.29) is 17.3 Å². The number of ether oxygens (including phenoxy) is 4. The van der Waals surface area contributed by atoms with Gasteiger partial charge in [-0.3, -0.25) is 0 Å². The van der Waals surface area contributed by atoms with Crippen molar-refractivity contribution in [3.05, 3.63) is 95.2 Å². The fraction of sp³-hybridized carbons (Fsp3) is 0.179. The maximum atomic E-state index is 12.4. The second-order valence-electron chi connectivity index (χ2n) is 7.73. The quantitative estimate of drug-likeness (QED) is 0.179. The largest absolute Gasteiger partial charge is 0.494 e. The van der Waals surface area contributed by atoms with Crippen molar-refractivity contribution in [2.75, 3.05) is 13.7 Å². The predicted octanol–water partition coefficient (Wildman–Crippen LogP) is 5.44. The van der Waals surface area contributed by atoms with Gasteiger partial charge in [-0.05, 0) is 66.6 Å². The number of benzene rings is 3. The van der Waals surface area contributed by atoms with Crippen molar-refractivity contribution in [1.82, 2.24) is 0 Å². The first-order valence-corrected chi connectivity index (χ1v) is 11.3. The molecule has 1 heterocycles. The highest BCUT2D eigenvalue weighted by Gasteiger charge is 2.24. The number of esters is 2. The number of cyclic esters (lactones) is 1. The Hall–Kier alpha value is -4.39. The van der Waals surface area contributed by atoms with Crippen molar-refractivity contribution >= 4 is 23.9 Å². The molecule has 7 nitrogen and oxygen atoms in total. The Balaban J connectivity index is 1.49. The van der Waals surface area contributed by atoms with Crippen LogP contribution < -0.4 is 14.2 Å². The number of carbonyl (C=O) groups excluding carboxylic acids is 2. The van der Waals surface area contributed by atoms with E-state index in [1.54, 1.807) is 60.7 Å². The van der Waals surface area contributed by atoms with E-state index in [0.717, 1.165) is 18.6 Å². The van der Waals surface area contributed by atoms with E-state index in [1.165, 1.54) is 7.11 Å². The van der Waals surface area contributed by atoms with Crippen LogP contribution in [0.3, 0.4) is 0 Å². The molecule has 178 valence electrons. The Kier molecular flexibility index (Phi) is 7.57. The highest BCUT2D eigenvalue weighted by atomic mass is 16.6. The summed E-state index contributed by atoms with van der Waals surface area (Å²) in [4.78, 5) is 29.1. The van der Waals surface area contributed by atoms with Crippen molar-refractivity contribution < 1.29 is 28.5 Å². The molecule has 0 atom stereocenters. The number of rotatable bonds is 9. The number of hydrogen-bond donors (Lipinski definition) is 0. The minimum absolute atomic E-state index is 0.152. The molecule has 1 aliphatic heterocycles. The minimum Gasteiger partial charge on any atom is -0.494 e. The summed E-state index contributed by atoms with van der Waals surface area (Å²) in [7, 11) is 1.47. The molecular formula is C28H25NO6. The van der Waals surface area contributed by atoms with E-state index >= 15 is 0 Å². The molecular weight excluding hydrogens is 446 g/mol. The molecule has 0 aromatic heterocycles. The highest BCUT2D eigenvalue weighted by molar-refractivity contribution is 6.12. The molecule has 0 bridgehead atoms. The van der Waals surface area contributed by atoms with Gasteiger partial charge in [0.15, 0.2) is 17.2 Å². The molecule has 0 saturated carbocycles. The van der Waals surface area contributed by atoms with Crippen LogP contribution in [0.25, 0.3) is 6.08 Å². The lowest BCUT2D eigenvalue weighted by Gasteiger charge is -2.10. The van der Waals surface area contributed by atoms with Gasteiger partial charge in [-0.25, -0.2) is 14.6 Å². The number of unbranched alkanes of at least 4 members (excludes halogenated alkanes) is 1. The molecule has 0 spiro atoms. The molecule has 0 radical (unpaired) electrons. The van der Waals surface area contributed by atoms with Crippen LogP contribution in [-0.4, -0.2) is 31.6 Å². The Labute approximate surface area is 203 Å². The van der Waals surface area contributed by atoms with Crippen molar-refractivity contribution in [3.8, 4) is 17.2 Å². The number of aliphatic imine (C=N–C) groups is 1. The summed E-state index contributed by atoms with van der Waals surface area (Å²) in [6.07, 6.45) is 3.64. The van der Waals surface area contributed by atoms with Crippen LogP contribution in [0, 0.1) is 0 Å². The Bertz CT molecular complexity index is 1260. The summed E-state index contributed by atoms with van der Waals surface area (Å²) in [6, 6.07) is 20.9. The molecule has 7 heteroatoms. The summed E-state index contributed by atoms with van der Waals surface area (Å²) < 4.78 is 21.9. The molecule has 0 unspecified atom stereocenters. The summed E-state index contributed by atoms with van der Waals surface area (Å²) in [6.45, 7) is 2.77. The lowest BCUT2D eigenvalue weighted by molar-refractivity contribution is -0.129. The average molecular weight is 472 g/mol. The molecule has 3 aromatic rings. The van der Waals surface area contributed by atoms with Gasteiger partial charge in [0.05, 0.1) is 19.3 Å². The van der Waals surface area contributed by atoms with Crippen LogP contribution in [-0.2, 0) is 9.53 Å². The van der Waals surface area contributed by atoms with Gasteiger partial charge < -0.3 is 18.9 Å².